The molecule has 4 nitrogen and oxygen atoms in total. The third-order valence-corrected chi connectivity index (χ3v) is 22.5. The van der Waals surface area contributed by atoms with Crippen molar-refractivity contribution in [3.8, 4) is 17.2 Å². The zero-order valence-corrected chi connectivity index (χ0v) is 35.4. The second-order valence-corrected chi connectivity index (χ2v) is 24.9. The fourth-order valence-corrected chi connectivity index (χ4v) is 22.1. The summed E-state index contributed by atoms with van der Waals surface area (Å²) in [6.07, 6.45) is 1.91. The van der Waals surface area contributed by atoms with Gasteiger partial charge in [0, 0.05) is 39.4 Å². The molecule has 0 aliphatic carbocycles. The van der Waals surface area contributed by atoms with E-state index < -0.39 is 16.1 Å². The highest BCUT2D eigenvalue weighted by Gasteiger charge is 2.49. The van der Waals surface area contributed by atoms with Gasteiger partial charge in [-0.3, -0.25) is 4.57 Å². The number of pyridine rings is 1. The van der Waals surface area contributed by atoms with E-state index in [4.69, 9.17) is 9.97 Å². The number of aryl methyl sites for hydroxylation is 1. The van der Waals surface area contributed by atoms with Crippen molar-refractivity contribution in [2.75, 3.05) is 0 Å². The van der Waals surface area contributed by atoms with E-state index in [0.29, 0.717) is 0 Å². The van der Waals surface area contributed by atoms with Crippen LogP contribution in [-0.4, -0.2) is 35.2 Å². The largest absolute Gasteiger partial charge is 0.327 e. The van der Waals surface area contributed by atoms with Crippen LogP contribution in [0.25, 0.3) is 50.0 Å². The van der Waals surface area contributed by atoms with Crippen LogP contribution in [0.1, 0.15) is 0 Å². The van der Waals surface area contributed by atoms with Gasteiger partial charge in [-0.1, -0.05) is 164 Å². The number of fused-ring (bicyclic) bond motifs is 7. The molecule has 3 aromatic heterocycles. The molecule has 11 rings (SSSR count). The molecule has 1 aliphatic heterocycles. The second-order valence-electron chi connectivity index (χ2n) is 15.8. The molecule has 58 heavy (non-hydrogen) atoms. The first-order chi connectivity index (χ1) is 28.5. The maximum absolute atomic E-state index is 5.22. The number of aromatic nitrogens is 4. The van der Waals surface area contributed by atoms with Crippen LogP contribution in [0.2, 0.25) is 13.1 Å². The van der Waals surface area contributed by atoms with Gasteiger partial charge in [-0.05, 0) is 73.6 Å². The summed E-state index contributed by atoms with van der Waals surface area (Å²) < 4.78 is 4.65. The molecule has 278 valence electrons. The summed E-state index contributed by atoms with van der Waals surface area (Å²) in [5, 5.41) is 11.1. The van der Waals surface area contributed by atoms with Crippen LogP contribution in [0, 0.1) is 0 Å². The number of para-hydroxylation sites is 3. The van der Waals surface area contributed by atoms with E-state index in [1.54, 1.807) is 5.19 Å². The summed E-state index contributed by atoms with van der Waals surface area (Å²) in [6, 6.07) is 67.6. The molecule has 0 saturated carbocycles. The van der Waals surface area contributed by atoms with Crippen LogP contribution in [0.5, 0.6) is 0 Å². The van der Waals surface area contributed by atoms with E-state index in [1.807, 2.05) is 24.0 Å². The molecule has 4 heterocycles. The number of benzene rings is 7. The molecule has 10 aromatic rings. The van der Waals surface area contributed by atoms with Crippen LogP contribution in [0.15, 0.2) is 198 Å². The van der Waals surface area contributed by atoms with E-state index in [1.165, 1.54) is 57.5 Å². The summed E-state index contributed by atoms with van der Waals surface area (Å²) >= 11 is 1.97. The molecular formula is C51H40N4SSi2. The minimum atomic E-state index is -3.15. The van der Waals surface area contributed by atoms with Gasteiger partial charge in [0.05, 0.1) is 22.1 Å². The smallest absolute Gasteiger partial charge is 0.179 e. The SMILES string of the molecule is Cn1c(-c2cccc([Si](c3ccccc3)(c3ccccc3)c3cc4c(c5c3[Si](C)(C)c3ccccc3S5)c3ccccc3n4-c3ccccn3)c2)nc2ccccc21. The van der Waals surface area contributed by atoms with Crippen molar-refractivity contribution in [1.82, 2.24) is 19.1 Å². The van der Waals surface area contributed by atoms with Crippen molar-refractivity contribution in [3.63, 3.8) is 0 Å². The summed E-state index contributed by atoms with van der Waals surface area (Å²) in [6.45, 7) is 5.17. The van der Waals surface area contributed by atoms with Crippen LogP contribution >= 0.6 is 11.8 Å². The Morgan fingerprint density at radius 3 is 1.98 bits per heavy atom. The Balaban J connectivity index is 1.35. The Hall–Kier alpha value is -6.26. The fourth-order valence-electron chi connectivity index (χ4n) is 9.80. The summed E-state index contributed by atoms with van der Waals surface area (Å²) in [4.78, 5) is 13.0. The van der Waals surface area contributed by atoms with E-state index in [-0.39, 0.29) is 0 Å². The van der Waals surface area contributed by atoms with E-state index >= 15 is 0 Å². The van der Waals surface area contributed by atoms with Gasteiger partial charge in [-0.25, -0.2) is 9.97 Å². The van der Waals surface area contributed by atoms with Crippen molar-refractivity contribution < 1.29 is 0 Å². The maximum Gasteiger partial charge on any atom is 0.179 e. The van der Waals surface area contributed by atoms with Gasteiger partial charge in [0.15, 0.2) is 8.07 Å². The molecule has 0 unspecified atom stereocenters. The van der Waals surface area contributed by atoms with Crippen LogP contribution in [0.4, 0.5) is 0 Å². The molecule has 0 fully saturated rings. The molecule has 0 saturated heterocycles. The van der Waals surface area contributed by atoms with Crippen molar-refractivity contribution in [2.45, 2.75) is 22.9 Å². The highest BCUT2D eigenvalue weighted by atomic mass is 32.2. The van der Waals surface area contributed by atoms with Gasteiger partial charge < -0.3 is 4.57 Å². The van der Waals surface area contributed by atoms with Crippen LogP contribution < -0.4 is 31.1 Å². The van der Waals surface area contributed by atoms with Crippen molar-refractivity contribution in [3.05, 3.63) is 188 Å². The topological polar surface area (TPSA) is 35.6 Å². The first-order valence-corrected chi connectivity index (χ1v) is 25.7. The molecule has 7 aromatic carbocycles. The minimum Gasteiger partial charge on any atom is -0.327 e. The number of hydrogen-bond acceptors (Lipinski definition) is 3. The molecular weight excluding hydrogens is 757 g/mol. The van der Waals surface area contributed by atoms with Crippen molar-refractivity contribution in [2.24, 2.45) is 7.05 Å². The third-order valence-electron chi connectivity index (χ3n) is 12.4. The molecule has 0 radical (unpaired) electrons. The lowest BCUT2D eigenvalue weighted by Gasteiger charge is -2.42. The first kappa shape index (κ1) is 34.9. The Morgan fingerprint density at radius 2 is 1.24 bits per heavy atom. The zero-order valence-electron chi connectivity index (χ0n) is 32.6. The Bertz CT molecular complexity index is 3150. The van der Waals surface area contributed by atoms with Gasteiger partial charge in [-0.15, -0.1) is 0 Å². The van der Waals surface area contributed by atoms with E-state index in [2.05, 4.69) is 205 Å². The first-order valence-electron chi connectivity index (χ1n) is 19.9. The maximum atomic E-state index is 5.22. The predicted octanol–water partition coefficient (Wildman–Crippen LogP) is 8.40. The van der Waals surface area contributed by atoms with Gasteiger partial charge in [0.25, 0.3) is 0 Å². The van der Waals surface area contributed by atoms with E-state index in [9.17, 15) is 0 Å². The number of imidazole rings is 1. The predicted molar refractivity (Wildman–Crippen MR) is 249 cm³/mol. The summed E-state index contributed by atoms with van der Waals surface area (Å²) in [5.41, 5.74) is 5.62. The lowest BCUT2D eigenvalue weighted by Crippen LogP contribution is -2.80. The van der Waals surface area contributed by atoms with Gasteiger partial charge in [-0.2, -0.15) is 0 Å². The zero-order chi connectivity index (χ0) is 39.0. The highest BCUT2D eigenvalue weighted by molar-refractivity contribution is 8.00. The molecule has 7 heteroatoms. The Morgan fingerprint density at radius 1 is 0.586 bits per heavy atom. The lowest BCUT2D eigenvalue weighted by atomic mass is 10.1. The monoisotopic (exact) mass is 796 g/mol. The van der Waals surface area contributed by atoms with Crippen LogP contribution in [-0.2, 0) is 7.05 Å². The van der Waals surface area contributed by atoms with Crippen molar-refractivity contribution >= 4 is 91.9 Å². The molecule has 0 N–H and O–H groups in total. The normalized spacial score (nSPS) is 13.5. The van der Waals surface area contributed by atoms with Gasteiger partial charge >= 0.3 is 0 Å². The second kappa shape index (κ2) is 13.4. The number of rotatable bonds is 6. The molecule has 0 bridgehead atoms. The number of hydrogen-bond donors (Lipinski definition) is 0. The Labute approximate surface area is 344 Å². The van der Waals surface area contributed by atoms with Gasteiger partial charge in [0.1, 0.15) is 19.7 Å². The van der Waals surface area contributed by atoms with Crippen LogP contribution in [0.3, 0.4) is 0 Å². The van der Waals surface area contributed by atoms with E-state index in [0.717, 1.165) is 28.2 Å². The average Bonchev–Trinajstić information content (AvgIpc) is 3.79. The molecule has 0 amide bonds. The molecule has 1 aliphatic rings. The average molecular weight is 797 g/mol. The third kappa shape index (κ3) is 5.07. The van der Waals surface area contributed by atoms with Crippen molar-refractivity contribution in [1.29, 1.82) is 0 Å². The highest BCUT2D eigenvalue weighted by Crippen LogP contribution is 2.42. The van der Waals surface area contributed by atoms with Gasteiger partial charge in [0.2, 0.25) is 0 Å². The Kier molecular flexibility index (Phi) is 8.08. The molecule has 0 spiro atoms. The molecule has 0 atom stereocenters. The summed E-state index contributed by atoms with van der Waals surface area (Å²) in [5.74, 6) is 1.90. The number of nitrogens with zero attached hydrogens (tertiary/aromatic N) is 4. The minimum absolute atomic E-state index is 0.924. The lowest BCUT2D eigenvalue weighted by molar-refractivity contribution is 0.959. The summed E-state index contributed by atoms with van der Waals surface area (Å²) in [7, 11) is -3.41. The standard InChI is InChI=1S/C51H40N4SSi2/c1-54-42-28-13-11-26-40(42)53-51(54)35-19-18-24-38(33-35)58(36-20-6-4-7-21-36,37-22-8-5-9-23-37)46-34-43-48(49-50(46)57(2,3)45-30-15-14-29-44(45)56-49)39-25-10-12-27-41(39)55(43)47-31-16-17-32-52-47/h4-34H,1-3H3. The fraction of sp³-hybridized carbons (Fsp3) is 0.0588. The quantitative estimate of drug-likeness (QED) is 0.125.